The van der Waals surface area contributed by atoms with Gasteiger partial charge in [0.05, 0.1) is 12.0 Å². The van der Waals surface area contributed by atoms with Gasteiger partial charge in [0.2, 0.25) is 12.3 Å². The maximum atomic E-state index is 12.7. The lowest BCUT2D eigenvalue weighted by Crippen LogP contribution is -2.50. The number of benzene rings is 2. The molecule has 4 heteroatoms. The summed E-state index contributed by atoms with van der Waals surface area (Å²) in [4.78, 5) is 12.7. The number of carbonyl (C=O) groups is 1. The summed E-state index contributed by atoms with van der Waals surface area (Å²) in [5, 5.41) is 2.81. The Balaban J connectivity index is 1.94. The molecule has 2 aromatic rings. The number of ether oxygens (including phenoxy) is 2. The van der Waals surface area contributed by atoms with Crippen molar-refractivity contribution in [2.75, 3.05) is 0 Å². The Labute approximate surface area is 136 Å². The number of nitrogens with one attached hydrogen (secondary N) is 1. The van der Waals surface area contributed by atoms with Crippen LogP contribution in [0.3, 0.4) is 0 Å². The van der Waals surface area contributed by atoms with Crippen molar-refractivity contribution in [1.29, 1.82) is 0 Å². The van der Waals surface area contributed by atoms with E-state index < -0.39 is 12.3 Å². The van der Waals surface area contributed by atoms with Crippen LogP contribution < -0.4 is 5.32 Å². The fourth-order valence-corrected chi connectivity index (χ4v) is 2.80. The van der Waals surface area contributed by atoms with Crippen molar-refractivity contribution >= 4 is 5.91 Å². The van der Waals surface area contributed by atoms with Gasteiger partial charge in [-0.3, -0.25) is 4.79 Å². The molecule has 0 spiro atoms. The molecule has 2 aromatic carbocycles. The van der Waals surface area contributed by atoms with Gasteiger partial charge in [0, 0.05) is 0 Å². The largest absolute Gasteiger partial charge is 0.333 e. The first kappa shape index (κ1) is 15.7. The van der Waals surface area contributed by atoms with E-state index in [1.165, 1.54) is 0 Å². The predicted octanol–water partition coefficient (Wildman–Crippen LogP) is 3.37. The number of carbonyl (C=O) groups excluding carboxylic acids is 1. The number of amides is 1. The highest BCUT2D eigenvalue weighted by Gasteiger charge is 2.39. The minimum atomic E-state index is -0.729. The summed E-state index contributed by atoms with van der Waals surface area (Å²) in [5.74, 6) is -0.479. The molecule has 3 rings (SSSR count). The van der Waals surface area contributed by atoms with E-state index in [1.807, 2.05) is 74.5 Å². The maximum Gasteiger partial charge on any atom is 0.240 e. The normalized spacial score (nSPS) is 24.5. The van der Waals surface area contributed by atoms with Crippen LogP contribution in [0.4, 0.5) is 0 Å². The molecule has 0 bridgehead atoms. The van der Waals surface area contributed by atoms with E-state index in [0.29, 0.717) is 0 Å². The first-order chi connectivity index (χ1) is 11.1. The summed E-state index contributed by atoms with van der Waals surface area (Å²) in [7, 11) is 0. The summed E-state index contributed by atoms with van der Waals surface area (Å²) in [6.45, 7) is 3.83. The van der Waals surface area contributed by atoms with E-state index in [2.05, 4.69) is 5.32 Å². The van der Waals surface area contributed by atoms with Crippen molar-refractivity contribution < 1.29 is 14.3 Å². The van der Waals surface area contributed by atoms with Gasteiger partial charge in [0.15, 0.2) is 0 Å². The van der Waals surface area contributed by atoms with Crippen molar-refractivity contribution in [2.45, 2.75) is 38.4 Å². The second-order valence-electron chi connectivity index (χ2n) is 5.88. The number of hydrogen-bond acceptors (Lipinski definition) is 3. The highest BCUT2D eigenvalue weighted by molar-refractivity contribution is 5.85. The highest BCUT2D eigenvalue weighted by atomic mass is 16.7. The standard InChI is InChI=1S/C19H21NO3/c1-13(2)22-19-20-18(21)16(14-9-5-3-6-10-14)17(23-19)15-11-7-4-8-12-15/h3-13,16-17,19H,1-2H3,(H,20,21)/t16-,17-,19+/m1/s1. The van der Waals surface area contributed by atoms with E-state index in [0.717, 1.165) is 11.1 Å². The molecule has 1 fully saturated rings. The van der Waals surface area contributed by atoms with Crippen molar-refractivity contribution in [2.24, 2.45) is 0 Å². The van der Waals surface area contributed by atoms with Gasteiger partial charge in [-0.15, -0.1) is 0 Å². The molecule has 1 amide bonds. The Bertz CT molecular complexity index is 642. The van der Waals surface area contributed by atoms with Crippen molar-refractivity contribution in [1.82, 2.24) is 5.32 Å². The summed E-state index contributed by atoms with van der Waals surface area (Å²) in [6.07, 6.45) is -1.14. The minimum absolute atomic E-state index is 0.0370. The molecule has 0 radical (unpaired) electrons. The fourth-order valence-electron chi connectivity index (χ4n) is 2.80. The first-order valence-corrected chi connectivity index (χ1v) is 7.86. The molecule has 0 unspecified atom stereocenters. The van der Waals surface area contributed by atoms with E-state index >= 15 is 0 Å². The SMILES string of the molecule is CC(C)O[C@@H]1NC(=O)[C@H](c2ccccc2)[C@@H](c2ccccc2)O1. The maximum absolute atomic E-state index is 12.7. The average Bonchev–Trinajstić information content (AvgIpc) is 2.55. The van der Waals surface area contributed by atoms with E-state index in [1.54, 1.807) is 0 Å². The molecule has 23 heavy (non-hydrogen) atoms. The molecule has 3 atom stereocenters. The molecular weight excluding hydrogens is 290 g/mol. The molecule has 120 valence electrons. The van der Waals surface area contributed by atoms with Crippen LogP contribution >= 0.6 is 0 Å². The molecule has 4 nitrogen and oxygen atoms in total. The third-order valence-electron chi connectivity index (χ3n) is 3.80. The van der Waals surface area contributed by atoms with Crippen LogP contribution in [0.1, 0.15) is 37.0 Å². The van der Waals surface area contributed by atoms with Crippen LogP contribution in [0.5, 0.6) is 0 Å². The molecule has 0 aliphatic carbocycles. The molecule has 1 aliphatic heterocycles. The molecule has 1 aliphatic rings. The van der Waals surface area contributed by atoms with Crippen LogP contribution in [0.15, 0.2) is 60.7 Å². The highest BCUT2D eigenvalue weighted by Crippen LogP contribution is 2.38. The molecule has 1 heterocycles. The Morgan fingerprint density at radius 1 is 0.957 bits per heavy atom. The summed E-state index contributed by atoms with van der Waals surface area (Å²) in [6, 6.07) is 19.5. The smallest absolute Gasteiger partial charge is 0.240 e. The second kappa shape index (κ2) is 6.94. The Morgan fingerprint density at radius 2 is 1.52 bits per heavy atom. The molecule has 0 saturated carbocycles. The molecular formula is C19H21NO3. The summed E-state index contributed by atoms with van der Waals surface area (Å²) < 4.78 is 11.7. The molecule has 1 saturated heterocycles. The van der Waals surface area contributed by atoms with Gasteiger partial charge in [-0.25, -0.2) is 0 Å². The third kappa shape index (κ3) is 3.60. The van der Waals surface area contributed by atoms with Crippen LogP contribution in [0.2, 0.25) is 0 Å². The van der Waals surface area contributed by atoms with E-state index in [9.17, 15) is 4.79 Å². The molecule has 1 N–H and O–H groups in total. The fraction of sp³-hybridized carbons (Fsp3) is 0.316. The number of rotatable bonds is 4. The van der Waals surface area contributed by atoms with Gasteiger partial charge in [0.25, 0.3) is 0 Å². The number of hydrogen-bond donors (Lipinski definition) is 1. The van der Waals surface area contributed by atoms with Crippen molar-refractivity contribution in [3.05, 3.63) is 71.8 Å². The van der Waals surface area contributed by atoms with Gasteiger partial charge < -0.3 is 14.8 Å². The third-order valence-corrected chi connectivity index (χ3v) is 3.80. The van der Waals surface area contributed by atoms with Gasteiger partial charge in [-0.05, 0) is 25.0 Å². The lowest BCUT2D eigenvalue weighted by Gasteiger charge is -2.37. The lowest BCUT2D eigenvalue weighted by molar-refractivity contribution is -0.227. The Morgan fingerprint density at radius 3 is 2.09 bits per heavy atom. The van der Waals surface area contributed by atoms with Gasteiger partial charge in [-0.1, -0.05) is 60.7 Å². The first-order valence-electron chi connectivity index (χ1n) is 7.86. The van der Waals surface area contributed by atoms with Crippen LogP contribution in [0.25, 0.3) is 0 Å². The Kier molecular flexibility index (Phi) is 4.74. The van der Waals surface area contributed by atoms with Crippen molar-refractivity contribution in [3.63, 3.8) is 0 Å². The van der Waals surface area contributed by atoms with Gasteiger partial charge in [-0.2, -0.15) is 0 Å². The lowest BCUT2D eigenvalue weighted by atomic mass is 9.87. The quantitative estimate of drug-likeness (QED) is 0.942. The summed E-state index contributed by atoms with van der Waals surface area (Å²) in [5.41, 5.74) is 1.90. The zero-order valence-electron chi connectivity index (χ0n) is 13.3. The zero-order valence-corrected chi connectivity index (χ0v) is 13.3. The zero-order chi connectivity index (χ0) is 16.2. The van der Waals surface area contributed by atoms with Crippen LogP contribution in [-0.2, 0) is 14.3 Å². The van der Waals surface area contributed by atoms with Gasteiger partial charge in [0.1, 0.15) is 6.10 Å². The van der Waals surface area contributed by atoms with Gasteiger partial charge >= 0.3 is 0 Å². The van der Waals surface area contributed by atoms with E-state index in [-0.39, 0.29) is 18.1 Å². The average molecular weight is 311 g/mol. The van der Waals surface area contributed by atoms with Crippen LogP contribution in [0, 0.1) is 0 Å². The van der Waals surface area contributed by atoms with Crippen LogP contribution in [-0.4, -0.2) is 18.4 Å². The van der Waals surface area contributed by atoms with Crippen molar-refractivity contribution in [3.8, 4) is 0 Å². The topological polar surface area (TPSA) is 47.6 Å². The second-order valence-corrected chi connectivity index (χ2v) is 5.88. The monoisotopic (exact) mass is 311 g/mol. The predicted molar refractivity (Wildman–Crippen MR) is 87.6 cm³/mol. The molecule has 0 aromatic heterocycles. The summed E-state index contributed by atoms with van der Waals surface area (Å²) >= 11 is 0. The Hall–Kier alpha value is -2.17. The minimum Gasteiger partial charge on any atom is -0.333 e. The van der Waals surface area contributed by atoms with E-state index in [4.69, 9.17) is 9.47 Å².